The zero-order chi connectivity index (χ0) is 13.2. The standard InChI is InChI=1S/C12H7BrF3NO/c13-9-3-1-2-4-10(9)18-11-6-5-8(7-17-11)12(14,15)16/h1-7H. The fourth-order valence-electron chi connectivity index (χ4n) is 1.25. The summed E-state index contributed by atoms with van der Waals surface area (Å²) in [6.45, 7) is 0. The maximum atomic E-state index is 12.3. The van der Waals surface area contributed by atoms with Crippen molar-refractivity contribution in [3.8, 4) is 11.6 Å². The molecule has 0 fully saturated rings. The fraction of sp³-hybridized carbons (Fsp3) is 0.0833. The highest BCUT2D eigenvalue weighted by molar-refractivity contribution is 9.10. The molecular weight excluding hydrogens is 311 g/mol. The van der Waals surface area contributed by atoms with Gasteiger partial charge in [0, 0.05) is 12.3 Å². The van der Waals surface area contributed by atoms with Crippen molar-refractivity contribution in [3.63, 3.8) is 0 Å². The van der Waals surface area contributed by atoms with Crippen LogP contribution < -0.4 is 4.74 Å². The van der Waals surface area contributed by atoms with Gasteiger partial charge in [-0.2, -0.15) is 13.2 Å². The number of benzene rings is 1. The van der Waals surface area contributed by atoms with Crippen LogP contribution in [-0.2, 0) is 6.18 Å². The summed E-state index contributed by atoms with van der Waals surface area (Å²) in [6.07, 6.45) is -3.65. The van der Waals surface area contributed by atoms with Crippen LogP contribution in [0.5, 0.6) is 11.6 Å². The molecule has 2 aromatic rings. The predicted octanol–water partition coefficient (Wildman–Crippen LogP) is 4.66. The molecule has 18 heavy (non-hydrogen) atoms. The van der Waals surface area contributed by atoms with Crippen LogP contribution in [0.4, 0.5) is 13.2 Å². The third-order valence-corrected chi connectivity index (χ3v) is 2.77. The Morgan fingerprint density at radius 1 is 1.06 bits per heavy atom. The largest absolute Gasteiger partial charge is 0.438 e. The molecule has 0 aliphatic rings. The minimum Gasteiger partial charge on any atom is -0.438 e. The number of halogens is 4. The van der Waals surface area contributed by atoms with E-state index in [9.17, 15) is 13.2 Å². The maximum absolute atomic E-state index is 12.3. The fourth-order valence-corrected chi connectivity index (χ4v) is 1.61. The monoisotopic (exact) mass is 317 g/mol. The van der Waals surface area contributed by atoms with E-state index in [1.54, 1.807) is 24.3 Å². The summed E-state index contributed by atoms with van der Waals surface area (Å²) in [5.41, 5.74) is -0.804. The summed E-state index contributed by atoms with van der Waals surface area (Å²) in [4.78, 5) is 3.62. The Bertz CT molecular complexity index is 540. The summed E-state index contributed by atoms with van der Waals surface area (Å²) < 4.78 is 43.0. The van der Waals surface area contributed by atoms with E-state index in [0.29, 0.717) is 10.2 Å². The summed E-state index contributed by atoms with van der Waals surface area (Å²) in [5, 5.41) is 0. The van der Waals surface area contributed by atoms with Gasteiger partial charge in [0.25, 0.3) is 0 Å². The van der Waals surface area contributed by atoms with E-state index in [-0.39, 0.29) is 5.88 Å². The van der Waals surface area contributed by atoms with Crippen LogP contribution in [0.25, 0.3) is 0 Å². The average molecular weight is 318 g/mol. The van der Waals surface area contributed by atoms with Gasteiger partial charge >= 0.3 is 6.18 Å². The first-order valence-corrected chi connectivity index (χ1v) is 5.72. The Balaban J connectivity index is 2.19. The lowest BCUT2D eigenvalue weighted by Crippen LogP contribution is -2.05. The highest BCUT2D eigenvalue weighted by atomic mass is 79.9. The van der Waals surface area contributed by atoms with Crippen molar-refractivity contribution >= 4 is 15.9 Å². The highest BCUT2D eigenvalue weighted by Gasteiger charge is 2.30. The molecular formula is C12H7BrF3NO. The van der Waals surface area contributed by atoms with Crippen LogP contribution >= 0.6 is 15.9 Å². The third kappa shape index (κ3) is 3.01. The van der Waals surface area contributed by atoms with E-state index in [1.807, 2.05) is 0 Å². The molecule has 0 radical (unpaired) electrons. The quantitative estimate of drug-likeness (QED) is 0.804. The Morgan fingerprint density at radius 2 is 1.78 bits per heavy atom. The smallest absolute Gasteiger partial charge is 0.417 e. The van der Waals surface area contributed by atoms with E-state index in [2.05, 4.69) is 20.9 Å². The molecule has 0 unspecified atom stereocenters. The Hall–Kier alpha value is -1.56. The molecule has 2 nitrogen and oxygen atoms in total. The van der Waals surface area contributed by atoms with Crippen molar-refractivity contribution in [2.75, 3.05) is 0 Å². The van der Waals surface area contributed by atoms with Crippen molar-refractivity contribution in [2.45, 2.75) is 6.18 Å². The molecule has 0 saturated carbocycles. The van der Waals surface area contributed by atoms with Gasteiger partial charge < -0.3 is 4.74 Å². The lowest BCUT2D eigenvalue weighted by Gasteiger charge is -2.08. The number of hydrogen-bond acceptors (Lipinski definition) is 2. The first kappa shape index (κ1) is 12.9. The number of pyridine rings is 1. The molecule has 0 aliphatic heterocycles. The topological polar surface area (TPSA) is 22.1 Å². The Labute approximate surface area is 110 Å². The number of alkyl halides is 3. The van der Waals surface area contributed by atoms with Crippen molar-refractivity contribution in [1.29, 1.82) is 0 Å². The molecule has 0 spiro atoms. The number of hydrogen-bond donors (Lipinski definition) is 0. The summed E-state index contributed by atoms with van der Waals surface area (Å²) in [7, 11) is 0. The van der Waals surface area contributed by atoms with Crippen LogP contribution in [0.1, 0.15) is 5.56 Å². The molecule has 94 valence electrons. The van der Waals surface area contributed by atoms with Gasteiger partial charge in [-0.3, -0.25) is 0 Å². The molecule has 2 rings (SSSR count). The molecule has 1 aromatic heterocycles. The molecule has 0 saturated heterocycles. The zero-order valence-corrected chi connectivity index (χ0v) is 10.5. The summed E-state index contributed by atoms with van der Waals surface area (Å²) in [5.74, 6) is 0.597. The van der Waals surface area contributed by atoms with Crippen LogP contribution in [0.15, 0.2) is 47.1 Å². The second-order valence-corrected chi connectivity index (χ2v) is 4.27. The van der Waals surface area contributed by atoms with Gasteiger partial charge in [-0.1, -0.05) is 12.1 Å². The number of aromatic nitrogens is 1. The zero-order valence-electron chi connectivity index (χ0n) is 8.91. The van der Waals surface area contributed by atoms with Crippen molar-refractivity contribution < 1.29 is 17.9 Å². The van der Waals surface area contributed by atoms with E-state index >= 15 is 0 Å². The maximum Gasteiger partial charge on any atom is 0.417 e. The second-order valence-electron chi connectivity index (χ2n) is 3.42. The number of nitrogens with zero attached hydrogens (tertiary/aromatic N) is 1. The SMILES string of the molecule is FC(F)(F)c1ccc(Oc2ccccc2Br)nc1. The van der Waals surface area contributed by atoms with Crippen molar-refractivity contribution in [2.24, 2.45) is 0 Å². The van der Waals surface area contributed by atoms with Crippen molar-refractivity contribution in [3.05, 3.63) is 52.6 Å². The first-order valence-electron chi connectivity index (χ1n) is 4.92. The second kappa shape index (κ2) is 4.97. The molecule has 0 N–H and O–H groups in total. The predicted molar refractivity (Wildman–Crippen MR) is 63.5 cm³/mol. The minimum atomic E-state index is -4.39. The summed E-state index contributed by atoms with van der Waals surface area (Å²) in [6, 6.07) is 9.12. The molecule has 0 bridgehead atoms. The van der Waals surface area contributed by atoms with E-state index in [1.165, 1.54) is 6.07 Å². The van der Waals surface area contributed by atoms with E-state index in [0.717, 1.165) is 12.3 Å². The number of para-hydroxylation sites is 1. The molecule has 0 atom stereocenters. The first-order chi connectivity index (χ1) is 8.47. The molecule has 0 aliphatic carbocycles. The molecule has 1 heterocycles. The van der Waals surface area contributed by atoms with Gasteiger partial charge in [0.05, 0.1) is 10.0 Å². The summed E-state index contributed by atoms with van der Waals surface area (Å²) >= 11 is 3.27. The molecule has 1 aromatic carbocycles. The molecule has 6 heteroatoms. The Kier molecular flexibility index (Phi) is 3.56. The van der Waals surface area contributed by atoms with E-state index in [4.69, 9.17) is 4.74 Å². The van der Waals surface area contributed by atoms with Gasteiger partial charge in [-0.15, -0.1) is 0 Å². The van der Waals surface area contributed by atoms with Gasteiger partial charge in [0.15, 0.2) is 0 Å². The van der Waals surface area contributed by atoms with Crippen LogP contribution in [-0.4, -0.2) is 4.98 Å². The van der Waals surface area contributed by atoms with Crippen LogP contribution in [0.3, 0.4) is 0 Å². The normalized spacial score (nSPS) is 11.3. The number of ether oxygens (including phenoxy) is 1. The number of rotatable bonds is 2. The van der Waals surface area contributed by atoms with Crippen LogP contribution in [0.2, 0.25) is 0 Å². The van der Waals surface area contributed by atoms with Gasteiger partial charge in [-0.05, 0) is 34.1 Å². The lowest BCUT2D eigenvalue weighted by atomic mass is 10.3. The van der Waals surface area contributed by atoms with E-state index < -0.39 is 11.7 Å². The van der Waals surface area contributed by atoms with Crippen molar-refractivity contribution in [1.82, 2.24) is 4.98 Å². The minimum absolute atomic E-state index is 0.106. The lowest BCUT2D eigenvalue weighted by molar-refractivity contribution is -0.137. The van der Waals surface area contributed by atoms with Gasteiger partial charge in [0.1, 0.15) is 5.75 Å². The van der Waals surface area contributed by atoms with Gasteiger partial charge in [-0.25, -0.2) is 4.98 Å². The van der Waals surface area contributed by atoms with Crippen LogP contribution in [0, 0.1) is 0 Å². The van der Waals surface area contributed by atoms with Gasteiger partial charge in [0.2, 0.25) is 5.88 Å². The average Bonchev–Trinajstić information content (AvgIpc) is 2.32. The molecule has 0 amide bonds. The Morgan fingerprint density at radius 3 is 2.33 bits per heavy atom. The highest BCUT2D eigenvalue weighted by Crippen LogP contribution is 2.31. The third-order valence-electron chi connectivity index (χ3n) is 2.11.